The van der Waals surface area contributed by atoms with E-state index < -0.39 is 0 Å². The summed E-state index contributed by atoms with van der Waals surface area (Å²) in [6.07, 6.45) is 0.788. The number of hydrogen-bond donors (Lipinski definition) is 0. The van der Waals surface area contributed by atoms with Crippen molar-refractivity contribution in [3.8, 4) is 0 Å². The molecule has 1 heterocycles. The molecule has 1 fully saturated rings. The number of halogens is 1. The van der Waals surface area contributed by atoms with Crippen LogP contribution < -0.4 is 0 Å². The standard InChI is InChI=1S/C18H18BrNO2/c19-17-8-4-7-15(10-17)9-16-11-20(12-16)18(21)22-13-14-5-2-1-3-6-14/h1-8,10,16H,9,11-13H2. The van der Waals surface area contributed by atoms with Gasteiger partial charge in [0.1, 0.15) is 6.61 Å². The number of benzene rings is 2. The molecule has 0 aromatic heterocycles. The van der Waals surface area contributed by atoms with E-state index in [-0.39, 0.29) is 6.09 Å². The number of hydrogen-bond acceptors (Lipinski definition) is 2. The summed E-state index contributed by atoms with van der Waals surface area (Å²) in [5.41, 5.74) is 2.32. The van der Waals surface area contributed by atoms with E-state index in [4.69, 9.17) is 4.74 Å². The van der Waals surface area contributed by atoms with E-state index >= 15 is 0 Å². The van der Waals surface area contributed by atoms with Crippen LogP contribution in [-0.2, 0) is 17.8 Å². The van der Waals surface area contributed by atoms with E-state index in [2.05, 4.69) is 28.1 Å². The first-order chi connectivity index (χ1) is 10.7. The summed E-state index contributed by atoms with van der Waals surface area (Å²) in [7, 11) is 0. The highest BCUT2D eigenvalue weighted by atomic mass is 79.9. The summed E-state index contributed by atoms with van der Waals surface area (Å²) >= 11 is 3.49. The van der Waals surface area contributed by atoms with Gasteiger partial charge >= 0.3 is 6.09 Å². The number of carbonyl (C=O) groups excluding carboxylic acids is 1. The first-order valence-corrected chi connectivity index (χ1v) is 8.20. The molecule has 114 valence electrons. The van der Waals surface area contributed by atoms with E-state index in [1.54, 1.807) is 4.90 Å². The van der Waals surface area contributed by atoms with Crippen LogP contribution in [0.5, 0.6) is 0 Å². The van der Waals surface area contributed by atoms with Gasteiger partial charge < -0.3 is 9.64 Å². The lowest BCUT2D eigenvalue weighted by Gasteiger charge is -2.38. The van der Waals surface area contributed by atoms with Crippen LogP contribution in [-0.4, -0.2) is 24.1 Å². The summed E-state index contributed by atoms with van der Waals surface area (Å²) in [5, 5.41) is 0. The van der Waals surface area contributed by atoms with Gasteiger partial charge in [0.15, 0.2) is 0 Å². The summed E-state index contributed by atoms with van der Waals surface area (Å²) in [4.78, 5) is 13.7. The lowest BCUT2D eigenvalue weighted by Crippen LogP contribution is -2.50. The van der Waals surface area contributed by atoms with E-state index in [0.29, 0.717) is 12.5 Å². The van der Waals surface area contributed by atoms with Crippen molar-refractivity contribution in [3.63, 3.8) is 0 Å². The monoisotopic (exact) mass is 359 g/mol. The van der Waals surface area contributed by atoms with Crippen LogP contribution in [0.3, 0.4) is 0 Å². The quantitative estimate of drug-likeness (QED) is 0.815. The van der Waals surface area contributed by atoms with Crippen molar-refractivity contribution in [1.82, 2.24) is 4.90 Å². The van der Waals surface area contributed by atoms with Crippen molar-refractivity contribution >= 4 is 22.0 Å². The number of amides is 1. The molecule has 1 saturated heterocycles. The van der Waals surface area contributed by atoms with Crippen molar-refractivity contribution < 1.29 is 9.53 Å². The van der Waals surface area contributed by atoms with Gasteiger partial charge in [-0.3, -0.25) is 0 Å². The molecule has 1 aliphatic heterocycles. The van der Waals surface area contributed by atoms with Crippen LogP contribution in [0.15, 0.2) is 59.1 Å². The second-order valence-corrected chi connectivity index (χ2v) is 6.56. The predicted octanol–water partition coefficient (Wildman–Crippen LogP) is 4.26. The first-order valence-electron chi connectivity index (χ1n) is 7.41. The zero-order valence-electron chi connectivity index (χ0n) is 12.2. The van der Waals surface area contributed by atoms with Crippen LogP contribution in [0.2, 0.25) is 0 Å². The third-order valence-corrected chi connectivity index (χ3v) is 4.33. The molecule has 4 heteroatoms. The molecule has 1 aliphatic rings. The molecule has 2 aromatic rings. The Morgan fingerprint density at radius 3 is 2.55 bits per heavy atom. The van der Waals surface area contributed by atoms with E-state index in [1.807, 2.05) is 42.5 Å². The minimum atomic E-state index is -0.214. The molecule has 0 unspecified atom stereocenters. The molecule has 0 saturated carbocycles. The summed E-state index contributed by atoms with van der Waals surface area (Å²) in [6, 6.07) is 18.1. The number of nitrogens with zero attached hydrogens (tertiary/aromatic N) is 1. The Morgan fingerprint density at radius 2 is 1.82 bits per heavy atom. The Bertz CT molecular complexity index is 639. The fourth-order valence-corrected chi connectivity index (χ4v) is 3.10. The lowest BCUT2D eigenvalue weighted by molar-refractivity contribution is 0.0496. The van der Waals surface area contributed by atoms with Crippen molar-refractivity contribution in [1.29, 1.82) is 0 Å². The Labute approximate surface area is 139 Å². The smallest absolute Gasteiger partial charge is 0.410 e. The molecule has 0 N–H and O–H groups in total. The van der Waals surface area contributed by atoms with E-state index in [1.165, 1.54) is 5.56 Å². The summed E-state index contributed by atoms with van der Waals surface area (Å²) in [5.74, 6) is 0.526. The van der Waals surface area contributed by atoms with E-state index in [9.17, 15) is 4.79 Å². The average molecular weight is 360 g/mol. The number of rotatable bonds is 4. The van der Waals surface area contributed by atoms with Gasteiger partial charge in [-0.25, -0.2) is 4.79 Å². The van der Waals surface area contributed by atoms with Crippen LogP contribution in [0, 0.1) is 5.92 Å². The maximum Gasteiger partial charge on any atom is 0.410 e. The van der Waals surface area contributed by atoms with Gasteiger partial charge in [-0.05, 0) is 35.6 Å². The number of carbonyl (C=O) groups is 1. The molecule has 0 aliphatic carbocycles. The molecule has 0 spiro atoms. The van der Waals surface area contributed by atoms with Crippen LogP contribution in [0.4, 0.5) is 4.79 Å². The molecule has 0 bridgehead atoms. The number of likely N-dealkylation sites (tertiary alicyclic amines) is 1. The van der Waals surface area contributed by atoms with Gasteiger partial charge in [0.2, 0.25) is 0 Å². The molecule has 0 radical (unpaired) electrons. The third-order valence-electron chi connectivity index (χ3n) is 3.83. The molecule has 2 aromatic carbocycles. The lowest BCUT2D eigenvalue weighted by atomic mass is 9.93. The normalized spacial score (nSPS) is 14.5. The topological polar surface area (TPSA) is 29.5 Å². The SMILES string of the molecule is O=C(OCc1ccccc1)N1CC(Cc2cccc(Br)c2)C1. The van der Waals surface area contributed by atoms with Gasteiger partial charge in [0.25, 0.3) is 0 Å². The minimum Gasteiger partial charge on any atom is -0.445 e. The Balaban J connectivity index is 1.42. The molecule has 22 heavy (non-hydrogen) atoms. The molecule has 3 rings (SSSR count). The van der Waals surface area contributed by atoms with Crippen LogP contribution in [0.1, 0.15) is 11.1 Å². The van der Waals surface area contributed by atoms with Gasteiger partial charge in [-0.15, -0.1) is 0 Å². The molecular weight excluding hydrogens is 342 g/mol. The maximum absolute atomic E-state index is 11.9. The molecular formula is C18H18BrNO2. The summed E-state index contributed by atoms with van der Waals surface area (Å²) < 4.78 is 6.43. The van der Waals surface area contributed by atoms with Crippen LogP contribution >= 0.6 is 15.9 Å². The van der Waals surface area contributed by atoms with Crippen molar-refractivity contribution in [3.05, 3.63) is 70.2 Å². The zero-order chi connectivity index (χ0) is 15.4. The molecule has 3 nitrogen and oxygen atoms in total. The van der Waals surface area contributed by atoms with Crippen LogP contribution in [0.25, 0.3) is 0 Å². The van der Waals surface area contributed by atoms with Gasteiger partial charge in [0.05, 0.1) is 0 Å². The summed E-state index contributed by atoms with van der Waals surface area (Å²) in [6.45, 7) is 1.90. The van der Waals surface area contributed by atoms with Crippen molar-refractivity contribution in [2.24, 2.45) is 5.92 Å². The second-order valence-electron chi connectivity index (χ2n) is 5.65. The highest BCUT2D eigenvalue weighted by molar-refractivity contribution is 9.10. The molecule has 1 amide bonds. The zero-order valence-corrected chi connectivity index (χ0v) is 13.8. The Hall–Kier alpha value is -1.81. The molecule has 0 atom stereocenters. The Kier molecular flexibility index (Phi) is 4.78. The fraction of sp³-hybridized carbons (Fsp3) is 0.278. The minimum absolute atomic E-state index is 0.214. The first kappa shape index (κ1) is 15.1. The van der Waals surface area contributed by atoms with Crippen molar-refractivity contribution in [2.45, 2.75) is 13.0 Å². The third kappa shape index (κ3) is 3.89. The second kappa shape index (κ2) is 6.97. The number of ether oxygens (including phenoxy) is 1. The van der Waals surface area contributed by atoms with Gasteiger partial charge in [-0.2, -0.15) is 0 Å². The van der Waals surface area contributed by atoms with Gasteiger partial charge in [-0.1, -0.05) is 58.4 Å². The highest BCUT2D eigenvalue weighted by Crippen LogP contribution is 2.23. The van der Waals surface area contributed by atoms with E-state index in [0.717, 1.165) is 29.5 Å². The largest absolute Gasteiger partial charge is 0.445 e. The highest BCUT2D eigenvalue weighted by Gasteiger charge is 2.31. The van der Waals surface area contributed by atoms with Gasteiger partial charge in [0, 0.05) is 17.6 Å². The predicted molar refractivity (Wildman–Crippen MR) is 89.5 cm³/mol. The maximum atomic E-state index is 11.9. The Morgan fingerprint density at radius 1 is 1.09 bits per heavy atom. The van der Waals surface area contributed by atoms with Crippen molar-refractivity contribution in [2.75, 3.05) is 13.1 Å². The average Bonchev–Trinajstić information content (AvgIpc) is 2.49. The fourth-order valence-electron chi connectivity index (χ4n) is 2.66.